The molecule has 0 amide bonds. The summed E-state index contributed by atoms with van der Waals surface area (Å²) >= 11 is 5.87. The van der Waals surface area contributed by atoms with Crippen LogP contribution in [0.3, 0.4) is 0 Å². The monoisotopic (exact) mass is 217 g/mol. The summed E-state index contributed by atoms with van der Waals surface area (Å²) in [6.45, 7) is 0.330. The Morgan fingerprint density at radius 2 is 2.21 bits per heavy atom. The lowest BCUT2D eigenvalue weighted by Gasteiger charge is -2.08. The van der Waals surface area contributed by atoms with E-state index in [2.05, 4.69) is 4.84 Å². The molecule has 78 valence electrons. The molecular weight excluding hydrogens is 206 g/mol. The zero-order valence-corrected chi connectivity index (χ0v) is 8.54. The lowest BCUT2D eigenvalue weighted by Crippen LogP contribution is -2.04. The molecule has 14 heavy (non-hydrogen) atoms. The van der Waals surface area contributed by atoms with Gasteiger partial charge in [-0.2, -0.15) is 0 Å². The van der Waals surface area contributed by atoms with Gasteiger partial charge < -0.3 is 14.7 Å². The Morgan fingerprint density at radius 1 is 1.50 bits per heavy atom. The fourth-order valence-electron chi connectivity index (χ4n) is 1.11. The van der Waals surface area contributed by atoms with Gasteiger partial charge in [0.1, 0.15) is 11.5 Å². The van der Waals surface area contributed by atoms with Gasteiger partial charge in [0.25, 0.3) is 0 Å². The lowest BCUT2D eigenvalue weighted by atomic mass is 10.1. The Balaban J connectivity index is 2.90. The van der Waals surface area contributed by atoms with Gasteiger partial charge in [-0.15, -0.1) is 0 Å². The van der Waals surface area contributed by atoms with E-state index >= 15 is 0 Å². The van der Waals surface area contributed by atoms with Crippen molar-refractivity contribution in [1.29, 1.82) is 0 Å². The molecule has 3 N–H and O–H groups in total. The zero-order valence-electron chi connectivity index (χ0n) is 7.79. The number of phenols is 1. The highest BCUT2D eigenvalue weighted by atomic mass is 35.5. The van der Waals surface area contributed by atoms with Crippen LogP contribution in [0.15, 0.2) is 12.1 Å². The van der Waals surface area contributed by atoms with Gasteiger partial charge in [0, 0.05) is 12.5 Å². The van der Waals surface area contributed by atoms with E-state index in [1.54, 1.807) is 6.07 Å². The summed E-state index contributed by atoms with van der Waals surface area (Å²) in [6, 6.07) is 3.10. The van der Waals surface area contributed by atoms with Gasteiger partial charge in [-0.3, -0.25) is 0 Å². The molecule has 0 radical (unpaired) electrons. The van der Waals surface area contributed by atoms with Crippen molar-refractivity contribution < 1.29 is 14.7 Å². The van der Waals surface area contributed by atoms with Gasteiger partial charge in [0.15, 0.2) is 0 Å². The number of rotatable bonds is 4. The Labute approximate surface area is 87.1 Å². The number of methoxy groups -OCH3 is 1. The fraction of sp³-hybridized carbons (Fsp3) is 0.333. The maximum absolute atomic E-state index is 9.54. The third kappa shape index (κ3) is 2.51. The zero-order chi connectivity index (χ0) is 10.6. The molecule has 1 aromatic rings. The predicted molar refractivity (Wildman–Crippen MR) is 53.5 cm³/mol. The van der Waals surface area contributed by atoms with E-state index in [-0.39, 0.29) is 5.75 Å². The van der Waals surface area contributed by atoms with Crippen LogP contribution in [0.25, 0.3) is 0 Å². The van der Waals surface area contributed by atoms with Crippen LogP contribution in [0.1, 0.15) is 5.56 Å². The molecule has 0 spiro atoms. The standard InChI is InChI=1S/C9H12ClNO3/c1-13-9-5-8(12)6(2-3-14-11)4-7(9)10/h4-5,12H,2-3,11H2,1H3. The van der Waals surface area contributed by atoms with Crippen LogP contribution in [-0.2, 0) is 11.3 Å². The third-order valence-corrected chi connectivity index (χ3v) is 2.14. The van der Waals surface area contributed by atoms with Crippen molar-refractivity contribution in [3.05, 3.63) is 22.7 Å². The molecule has 4 nitrogen and oxygen atoms in total. The van der Waals surface area contributed by atoms with E-state index < -0.39 is 0 Å². The maximum Gasteiger partial charge on any atom is 0.141 e. The smallest absolute Gasteiger partial charge is 0.141 e. The van der Waals surface area contributed by atoms with Gasteiger partial charge in [0.2, 0.25) is 0 Å². The highest BCUT2D eigenvalue weighted by Gasteiger charge is 2.07. The lowest BCUT2D eigenvalue weighted by molar-refractivity contribution is 0.140. The molecule has 0 aliphatic heterocycles. The number of halogens is 1. The van der Waals surface area contributed by atoms with Gasteiger partial charge in [-0.25, -0.2) is 5.90 Å². The topological polar surface area (TPSA) is 64.7 Å². The Kier molecular flexibility index (Phi) is 4.00. The summed E-state index contributed by atoms with van der Waals surface area (Å²) in [5.74, 6) is 5.46. The molecule has 0 atom stereocenters. The number of benzene rings is 1. The molecule has 1 rings (SSSR count). The number of ether oxygens (including phenoxy) is 1. The second-order valence-electron chi connectivity index (χ2n) is 2.74. The van der Waals surface area contributed by atoms with Crippen molar-refractivity contribution in [3.63, 3.8) is 0 Å². The predicted octanol–water partition coefficient (Wildman–Crippen LogP) is 1.49. The Hall–Kier alpha value is -0.970. The van der Waals surface area contributed by atoms with Crippen LogP contribution < -0.4 is 10.6 Å². The van der Waals surface area contributed by atoms with Crippen LogP contribution in [0.4, 0.5) is 0 Å². The first kappa shape index (κ1) is 11.1. The van der Waals surface area contributed by atoms with Crippen LogP contribution in [0.2, 0.25) is 5.02 Å². The number of hydrogen-bond donors (Lipinski definition) is 2. The van der Waals surface area contributed by atoms with E-state index in [1.165, 1.54) is 13.2 Å². The number of nitrogens with two attached hydrogens (primary N) is 1. The van der Waals surface area contributed by atoms with E-state index in [0.717, 1.165) is 0 Å². The maximum atomic E-state index is 9.54. The molecule has 1 aromatic carbocycles. The van der Waals surface area contributed by atoms with Crippen molar-refractivity contribution in [3.8, 4) is 11.5 Å². The highest BCUT2D eigenvalue weighted by molar-refractivity contribution is 6.32. The number of aromatic hydroxyl groups is 1. The normalized spacial score (nSPS) is 10.2. The molecule has 0 saturated carbocycles. The summed E-state index contributed by atoms with van der Waals surface area (Å²) in [4.78, 5) is 4.41. The SMILES string of the molecule is COc1cc(O)c(CCON)cc1Cl. The molecule has 0 fully saturated rings. The Bertz CT molecular complexity index is 317. The van der Waals surface area contributed by atoms with Crippen molar-refractivity contribution in [1.82, 2.24) is 0 Å². The average Bonchev–Trinajstić information content (AvgIpc) is 2.18. The number of phenolic OH excluding ortho intramolecular Hbond substituents is 1. The van der Waals surface area contributed by atoms with E-state index in [4.69, 9.17) is 22.2 Å². The first-order valence-electron chi connectivity index (χ1n) is 4.06. The molecule has 0 aliphatic carbocycles. The van der Waals surface area contributed by atoms with Gasteiger partial charge in [0.05, 0.1) is 18.7 Å². The highest BCUT2D eigenvalue weighted by Crippen LogP contribution is 2.31. The largest absolute Gasteiger partial charge is 0.508 e. The average molecular weight is 218 g/mol. The second-order valence-corrected chi connectivity index (χ2v) is 3.14. The van der Waals surface area contributed by atoms with Crippen molar-refractivity contribution in [2.75, 3.05) is 13.7 Å². The summed E-state index contributed by atoms with van der Waals surface area (Å²) in [5.41, 5.74) is 0.682. The van der Waals surface area contributed by atoms with Crippen molar-refractivity contribution in [2.45, 2.75) is 6.42 Å². The fourth-order valence-corrected chi connectivity index (χ4v) is 1.37. The molecule has 0 unspecified atom stereocenters. The quantitative estimate of drug-likeness (QED) is 0.750. The van der Waals surface area contributed by atoms with Crippen molar-refractivity contribution >= 4 is 11.6 Å². The molecule has 0 aromatic heterocycles. The minimum atomic E-state index is 0.128. The van der Waals surface area contributed by atoms with E-state index in [9.17, 15) is 5.11 Å². The summed E-state index contributed by atoms with van der Waals surface area (Å²) in [6.07, 6.45) is 0.506. The van der Waals surface area contributed by atoms with Crippen LogP contribution in [0.5, 0.6) is 11.5 Å². The minimum Gasteiger partial charge on any atom is -0.508 e. The summed E-state index contributed by atoms with van der Waals surface area (Å²) in [7, 11) is 1.49. The van der Waals surface area contributed by atoms with Crippen LogP contribution in [0, 0.1) is 0 Å². The molecule has 0 heterocycles. The molecule has 0 bridgehead atoms. The second kappa shape index (κ2) is 5.05. The van der Waals surface area contributed by atoms with Crippen LogP contribution >= 0.6 is 11.6 Å². The third-order valence-electron chi connectivity index (χ3n) is 1.84. The van der Waals surface area contributed by atoms with Gasteiger partial charge >= 0.3 is 0 Å². The summed E-state index contributed by atoms with van der Waals surface area (Å²) < 4.78 is 4.94. The molecule has 5 heteroatoms. The molecular formula is C9H12ClNO3. The first-order valence-corrected chi connectivity index (χ1v) is 4.44. The van der Waals surface area contributed by atoms with Crippen molar-refractivity contribution in [2.24, 2.45) is 5.90 Å². The Morgan fingerprint density at radius 3 is 2.79 bits per heavy atom. The molecule has 0 saturated heterocycles. The number of hydrogen-bond acceptors (Lipinski definition) is 4. The molecule has 0 aliphatic rings. The first-order chi connectivity index (χ1) is 6.69. The summed E-state index contributed by atoms with van der Waals surface area (Å²) in [5, 5.41) is 9.99. The minimum absolute atomic E-state index is 0.128. The van der Waals surface area contributed by atoms with E-state index in [1.807, 2.05) is 0 Å². The van der Waals surface area contributed by atoms with Gasteiger partial charge in [-0.05, 0) is 11.6 Å². The van der Waals surface area contributed by atoms with Crippen LogP contribution in [-0.4, -0.2) is 18.8 Å². The van der Waals surface area contributed by atoms with E-state index in [0.29, 0.717) is 29.4 Å². The van der Waals surface area contributed by atoms with Gasteiger partial charge in [-0.1, -0.05) is 11.6 Å².